The summed E-state index contributed by atoms with van der Waals surface area (Å²) in [5.41, 5.74) is 0. The Hall–Kier alpha value is -0.730. The molecule has 1 amide bonds. The van der Waals surface area contributed by atoms with Crippen molar-refractivity contribution < 1.29 is 9.53 Å². The lowest BCUT2D eigenvalue weighted by molar-refractivity contribution is 0.152. The van der Waals surface area contributed by atoms with E-state index in [9.17, 15) is 4.79 Å². The second-order valence-corrected chi connectivity index (χ2v) is 4.04. The summed E-state index contributed by atoms with van der Waals surface area (Å²) in [6, 6.07) is 0. The summed E-state index contributed by atoms with van der Waals surface area (Å²) in [4.78, 5) is 10.9. The Labute approximate surface area is 93.6 Å². The smallest absolute Gasteiger partial charge is 0.407 e. The molecule has 0 saturated heterocycles. The topological polar surface area (TPSA) is 38.3 Å². The molecule has 0 aliphatic carbocycles. The van der Waals surface area contributed by atoms with Crippen molar-refractivity contribution in [3.05, 3.63) is 0 Å². The Morgan fingerprint density at radius 2 is 2.00 bits per heavy atom. The van der Waals surface area contributed by atoms with Crippen molar-refractivity contribution in [3.8, 4) is 0 Å². The largest absolute Gasteiger partial charge is 0.450 e. The molecule has 1 atom stereocenters. The number of carbonyl (C=O) groups is 1. The molecule has 1 unspecified atom stereocenters. The standard InChI is InChI=1S/C12H25NO2/c1-4-8-11(3)9-6-7-10-13-12(14)15-5-2/h11H,4-10H2,1-3H3,(H,13,14). The third-order valence-electron chi connectivity index (χ3n) is 2.45. The summed E-state index contributed by atoms with van der Waals surface area (Å²) in [6.07, 6.45) is 5.78. The molecule has 3 nitrogen and oxygen atoms in total. The Morgan fingerprint density at radius 1 is 1.27 bits per heavy atom. The first-order valence-electron chi connectivity index (χ1n) is 6.11. The monoisotopic (exact) mass is 215 g/mol. The normalized spacial score (nSPS) is 12.2. The summed E-state index contributed by atoms with van der Waals surface area (Å²) in [6.45, 7) is 7.50. The number of unbranched alkanes of at least 4 members (excludes halogenated alkanes) is 1. The summed E-state index contributed by atoms with van der Waals surface area (Å²) < 4.78 is 4.76. The maximum absolute atomic E-state index is 10.9. The highest BCUT2D eigenvalue weighted by Crippen LogP contribution is 2.12. The van der Waals surface area contributed by atoms with Crippen LogP contribution in [0.2, 0.25) is 0 Å². The predicted molar refractivity (Wildman–Crippen MR) is 62.9 cm³/mol. The number of nitrogens with one attached hydrogen (secondary N) is 1. The minimum absolute atomic E-state index is 0.292. The van der Waals surface area contributed by atoms with Crippen LogP contribution in [0.1, 0.15) is 52.9 Å². The van der Waals surface area contributed by atoms with E-state index in [2.05, 4.69) is 19.2 Å². The molecule has 15 heavy (non-hydrogen) atoms. The minimum Gasteiger partial charge on any atom is -0.450 e. The fourth-order valence-electron chi connectivity index (χ4n) is 1.63. The van der Waals surface area contributed by atoms with Crippen molar-refractivity contribution in [2.75, 3.05) is 13.2 Å². The van der Waals surface area contributed by atoms with Gasteiger partial charge in [-0.05, 0) is 19.3 Å². The quantitative estimate of drug-likeness (QED) is 0.631. The molecule has 0 saturated carbocycles. The van der Waals surface area contributed by atoms with Crippen molar-refractivity contribution in [2.45, 2.75) is 52.9 Å². The van der Waals surface area contributed by atoms with E-state index in [1.54, 1.807) is 0 Å². The second-order valence-electron chi connectivity index (χ2n) is 4.04. The van der Waals surface area contributed by atoms with Crippen LogP contribution in [0.15, 0.2) is 0 Å². The van der Waals surface area contributed by atoms with Crippen molar-refractivity contribution in [2.24, 2.45) is 5.92 Å². The highest BCUT2D eigenvalue weighted by Gasteiger charge is 2.01. The van der Waals surface area contributed by atoms with E-state index < -0.39 is 0 Å². The Balaban J connectivity index is 3.20. The second kappa shape index (κ2) is 9.81. The van der Waals surface area contributed by atoms with Crippen LogP contribution < -0.4 is 5.32 Å². The molecule has 1 N–H and O–H groups in total. The van der Waals surface area contributed by atoms with E-state index in [0.717, 1.165) is 18.9 Å². The van der Waals surface area contributed by atoms with Crippen molar-refractivity contribution in [3.63, 3.8) is 0 Å². The van der Waals surface area contributed by atoms with Crippen LogP contribution in [0.4, 0.5) is 4.79 Å². The fourth-order valence-corrected chi connectivity index (χ4v) is 1.63. The first-order valence-corrected chi connectivity index (χ1v) is 6.11. The first-order chi connectivity index (χ1) is 7.20. The summed E-state index contributed by atoms with van der Waals surface area (Å²) >= 11 is 0. The lowest BCUT2D eigenvalue weighted by atomic mass is 9.99. The number of alkyl carbamates (subject to hydrolysis) is 1. The van der Waals surface area contributed by atoms with Crippen molar-refractivity contribution >= 4 is 6.09 Å². The van der Waals surface area contributed by atoms with Gasteiger partial charge in [-0.15, -0.1) is 0 Å². The lowest BCUT2D eigenvalue weighted by Gasteiger charge is -2.09. The summed E-state index contributed by atoms with van der Waals surface area (Å²) in [5.74, 6) is 0.817. The molecular formula is C12H25NO2. The Morgan fingerprint density at radius 3 is 2.60 bits per heavy atom. The number of ether oxygens (including phenoxy) is 1. The van der Waals surface area contributed by atoms with Gasteiger partial charge >= 0.3 is 6.09 Å². The van der Waals surface area contributed by atoms with E-state index in [4.69, 9.17) is 4.74 Å². The zero-order chi connectivity index (χ0) is 11.5. The highest BCUT2D eigenvalue weighted by atomic mass is 16.5. The van der Waals surface area contributed by atoms with Crippen LogP contribution in [0.25, 0.3) is 0 Å². The average Bonchev–Trinajstić information content (AvgIpc) is 2.18. The van der Waals surface area contributed by atoms with Gasteiger partial charge < -0.3 is 10.1 Å². The number of rotatable bonds is 8. The zero-order valence-electron chi connectivity index (χ0n) is 10.3. The van der Waals surface area contributed by atoms with Gasteiger partial charge in [-0.1, -0.05) is 39.5 Å². The molecular weight excluding hydrogens is 190 g/mol. The fraction of sp³-hybridized carbons (Fsp3) is 0.917. The zero-order valence-corrected chi connectivity index (χ0v) is 10.3. The number of amides is 1. The molecule has 0 heterocycles. The van der Waals surface area contributed by atoms with Crippen LogP contribution >= 0.6 is 0 Å². The van der Waals surface area contributed by atoms with Gasteiger partial charge in [-0.3, -0.25) is 0 Å². The molecule has 0 aromatic rings. The lowest BCUT2D eigenvalue weighted by Crippen LogP contribution is -2.25. The van der Waals surface area contributed by atoms with Crippen LogP contribution in [-0.4, -0.2) is 19.2 Å². The molecule has 0 radical (unpaired) electrons. The molecule has 0 rings (SSSR count). The van der Waals surface area contributed by atoms with Crippen molar-refractivity contribution in [1.82, 2.24) is 5.32 Å². The van der Waals surface area contributed by atoms with Gasteiger partial charge in [-0.2, -0.15) is 0 Å². The maximum atomic E-state index is 10.9. The molecule has 3 heteroatoms. The van der Waals surface area contributed by atoms with Crippen LogP contribution in [0.5, 0.6) is 0 Å². The Bertz CT molecular complexity index is 160. The molecule has 0 aliphatic rings. The SMILES string of the molecule is CCCC(C)CCCCNC(=O)OCC. The van der Waals surface area contributed by atoms with E-state index in [1.807, 2.05) is 6.92 Å². The van der Waals surface area contributed by atoms with Gasteiger partial charge in [0.15, 0.2) is 0 Å². The molecule has 0 bridgehead atoms. The highest BCUT2D eigenvalue weighted by molar-refractivity contribution is 5.66. The Kier molecular flexibility index (Phi) is 9.33. The summed E-state index contributed by atoms with van der Waals surface area (Å²) in [5, 5.41) is 2.73. The number of hydrogen-bond donors (Lipinski definition) is 1. The van der Waals surface area contributed by atoms with E-state index >= 15 is 0 Å². The number of hydrogen-bond acceptors (Lipinski definition) is 2. The molecule has 0 aromatic heterocycles. The van der Waals surface area contributed by atoms with Crippen LogP contribution in [-0.2, 0) is 4.74 Å². The molecule has 0 aromatic carbocycles. The summed E-state index contributed by atoms with van der Waals surface area (Å²) in [7, 11) is 0. The minimum atomic E-state index is -0.292. The molecule has 90 valence electrons. The van der Waals surface area contributed by atoms with Gasteiger partial charge in [-0.25, -0.2) is 4.79 Å². The van der Waals surface area contributed by atoms with Crippen LogP contribution in [0.3, 0.4) is 0 Å². The third kappa shape index (κ3) is 9.57. The molecule has 0 spiro atoms. The van der Waals surface area contributed by atoms with E-state index in [1.165, 1.54) is 25.7 Å². The van der Waals surface area contributed by atoms with Crippen molar-refractivity contribution in [1.29, 1.82) is 0 Å². The molecule has 0 fully saturated rings. The van der Waals surface area contributed by atoms with Crippen LogP contribution in [0, 0.1) is 5.92 Å². The van der Waals surface area contributed by atoms with E-state index in [-0.39, 0.29) is 6.09 Å². The van der Waals surface area contributed by atoms with Gasteiger partial charge in [0.2, 0.25) is 0 Å². The van der Waals surface area contributed by atoms with Gasteiger partial charge in [0.05, 0.1) is 6.61 Å². The van der Waals surface area contributed by atoms with Gasteiger partial charge in [0.1, 0.15) is 0 Å². The first kappa shape index (κ1) is 14.3. The maximum Gasteiger partial charge on any atom is 0.407 e. The van der Waals surface area contributed by atoms with E-state index in [0.29, 0.717) is 6.61 Å². The van der Waals surface area contributed by atoms with Gasteiger partial charge in [0, 0.05) is 6.54 Å². The van der Waals surface area contributed by atoms with Gasteiger partial charge in [0.25, 0.3) is 0 Å². The number of carbonyl (C=O) groups excluding carboxylic acids is 1. The third-order valence-corrected chi connectivity index (χ3v) is 2.45. The predicted octanol–water partition coefficient (Wildman–Crippen LogP) is 3.34. The molecule has 0 aliphatic heterocycles. The average molecular weight is 215 g/mol.